The molecular weight excluding hydrogens is 216 g/mol. The zero-order chi connectivity index (χ0) is 12.5. The van der Waals surface area contributed by atoms with E-state index in [4.69, 9.17) is 9.47 Å². The highest BCUT2D eigenvalue weighted by Gasteiger charge is 2.18. The predicted molar refractivity (Wildman–Crippen MR) is 70.4 cm³/mol. The van der Waals surface area contributed by atoms with Crippen LogP contribution in [0.3, 0.4) is 0 Å². The fourth-order valence-corrected chi connectivity index (χ4v) is 2.23. The van der Waals surface area contributed by atoms with Crippen molar-refractivity contribution in [1.29, 1.82) is 0 Å². The molecule has 1 fully saturated rings. The molecular formula is C13H28N2O2. The molecule has 1 saturated heterocycles. The van der Waals surface area contributed by atoms with Gasteiger partial charge in [0.15, 0.2) is 0 Å². The zero-order valence-electron chi connectivity index (χ0n) is 11.6. The molecule has 1 N–H and O–H groups in total. The third-order valence-corrected chi connectivity index (χ3v) is 3.27. The summed E-state index contributed by atoms with van der Waals surface area (Å²) in [6.07, 6.45) is 2.92. The molecule has 102 valence electrons. The average molecular weight is 244 g/mol. The minimum atomic E-state index is 0.432. The Labute approximate surface area is 106 Å². The maximum Gasteiger partial charge on any atom is 0.0702 e. The number of hydrogen-bond donors (Lipinski definition) is 1. The third kappa shape index (κ3) is 6.36. The van der Waals surface area contributed by atoms with Gasteiger partial charge in [-0.1, -0.05) is 6.92 Å². The summed E-state index contributed by atoms with van der Waals surface area (Å²) in [6, 6.07) is 0.432. The Morgan fingerprint density at radius 1 is 1.53 bits per heavy atom. The third-order valence-electron chi connectivity index (χ3n) is 3.27. The Balaban J connectivity index is 2.09. The second-order valence-electron chi connectivity index (χ2n) is 4.84. The molecule has 4 heteroatoms. The van der Waals surface area contributed by atoms with Gasteiger partial charge in [0, 0.05) is 39.4 Å². The molecule has 1 rings (SSSR count). The molecule has 4 nitrogen and oxygen atoms in total. The van der Waals surface area contributed by atoms with Crippen LogP contribution < -0.4 is 5.32 Å². The zero-order valence-corrected chi connectivity index (χ0v) is 11.6. The van der Waals surface area contributed by atoms with E-state index in [1.165, 1.54) is 12.8 Å². The van der Waals surface area contributed by atoms with Crippen molar-refractivity contribution in [2.75, 3.05) is 46.5 Å². The van der Waals surface area contributed by atoms with Gasteiger partial charge in [-0.25, -0.2) is 0 Å². The molecule has 0 spiro atoms. The van der Waals surface area contributed by atoms with Gasteiger partial charge < -0.3 is 14.8 Å². The molecule has 1 aliphatic rings. The summed E-state index contributed by atoms with van der Waals surface area (Å²) in [5, 5.41) is 3.47. The molecule has 0 aromatic heterocycles. The largest absolute Gasteiger partial charge is 0.383 e. The number of likely N-dealkylation sites (N-methyl/N-ethyl adjacent to an activating group) is 1. The van der Waals surface area contributed by atoms with Gasteiger partial charge in [-0.3, -0.25) is 4.90 Å². The smallest absolute Gasteiger partial charge is 0.0702 e. The molecule has 0 aromatic rings. The minimum Gasteiger partial charge on any atom is -0.383 e. The van der Waals surface area contributed by atoms with Gasteiger partial charge in [0.2, 0.25) is 0 Å². The van der Waals surface area contributed by atoms with Crippen LogP contribution in [-0.2, 0) is 9.47 Å². The Hall–Kier alpha value is -0.160. The van der Waals surface area contributed by atoms with E-state index >= 15 is 0 Å². The highest BCUT2D eigenvalue weighted by Crippen LogP contribution is 2.12. The SMILES string of the molecule is CCN(CCNC(C)COC)CC1CCCO1. The summed E-state index contributed by atoms with van der Waals surface area (Å²) in [5.74, 6) is 0. The Morgan fingerprint density at radius 2 is 2.35 bits per heavy atom. The lowest BCUT2D eigenvalue weighted by molar-refractivity contribution is 0.0745. The molecule has 2 atom stereocenters. The van der Waals surface area contributed by atoms with Gasteiger partial charge in [0.1, 0.15) is 0 Å². The second kappa shape index (κ2) is 8.86. The van der Waals surface area contributed by atoms with Crippen LogP contribution in [0.2, 0.25) is 0 Å². The normalized spacial score (nSPS) is 22.2. The van der Waals surface area contributed by atoms with Crippen LogP contribution in [-0.4, -0.2) is 63.5 Å². The van der Waals surface area contributed by atoms with E-state index in [2.05, 4.69) is 24.1 Å². The first-order valence-electron chi connectivity index (χ1n) is 6.82. The molecule has 1 heterocycles. The van der Waals surface area contributed by atoms with E-state index in [1.807, 2.05) is 0 Å². The van der Waals surface area contributed by atoms with Crippen molar-refractivity contribution in [2.24, 2.45) is 0 Å². The molecule has 0 aliphatic carbocycles. The number of hydrogen-bond acceptors (Lipinski definition) is 4. The number of rotatable bonds is 9. The fraction of sp³-hybridized carbons (Fsp3) is 1.00. The average Bonchev–Trinajstić information content (AvgIpc) is 2.81. The van der Waals surface area contributed by atoms with Gasteiger partial charge in [-0.2, -0.15) is 0 Å². The van der Waals surface area contributed by atoms with Crippen LogP contribution in [0.15, 0.2) is 0 Å². The number of nitrogens with zero attached hydrogens (tertiary/aromatic N) is 1. The highest BCUT2D eigenvalue weighted by molar-refractivity contribution is 4.71. The topological polar surface area (TPSA) is 33.7 Å². The standard InChI is InChI=1S/C13H28N2O2/c1-4-15(10-13-6-5-9-17-13)8-7-14-12(2)11-16-3/h12-14H,4-11H2,1-3H3. The first kappa shape index (κ1) is 14.9. The van der Waals surface area contributed by atoms with Crippen LogP contribution in [0.4, 0.5) is 0 Å². The lowest BCUT2D eigenvalue weighted by atomic mass is 10.2. The molecule has 17 heavy (non-hydrogen) atoms. The van der Waals surface area contributed by atoms with Crippen molar-refractivity contribution in [3.8, 4) is 0 Å². The van der Waals surface area contributed by atoms with Gasteiger partial charge in [-0.15, -0.1) is 0 Å². The number of nitrogens with one attached hydrogen (secondary N) is 1. The second-order valence-corrected chi connectivity index (χ2v) is 4.84. The fourth-order valence-electron chi connectivity index (χ4n) is 2.23. The lowest BCUT2D eigenvalue weighted by Crippen LogP contribution is -2.40. The van der Waals surface area contributed by atoms with E-state index in [0.29, 0.717) is 12.1 Å². The van der Waals surface area contributed by atoms with Crippen LogP contribution >= 0.6 is 0 Å². The quantitative estimate of drug-likeness (QED) is 0.659. The molecule has 0 bridgehead atoms. The molecule has 2 unspecified atom stereocenters. The highest BCUT2D eigenvalue weighted by atomic mass is 16.5. The number of methoxy groups -OCH3 is 1. The van der Waals surface area contributed by atoms with Crippen LogP contribution in [0, 0.1) is 0 Å². The molecule has 0 amide bonds. The maximum atomic E-state index is 5.67. The lowest BCUT2D eigenvalue weighted by Gasteiger charge is -2.24. The van der Waals surface area contributed by atoms with E-state index in [1.54, 1.807) is 7.11 Å². The molecule has 1 aliphatic heterocycles. The van der Waals surface area contributed by atoms with E-state index < -0.39 is 0 Å². The Morgan fingerprint density at radius 3 is 2.94 bits per heavy atom. The molecule has 0 aromatic carbocycles. The summed E-state index contributed by atoms with van der Waals surface area (Å²) in [6.45, 7) is 10.4. The van der Waals surface area contributed by atoms with E-state index in [9.17, 15) is 0 Å². The van der Waals surface area contributed by atoms with Crippen molar-refractivity contribution in [3.05, 3.63) is 0 Å². The summed E-state index contributed by atoms with van der Waals surface area (Å²) < 4.78 is 10.8. The Bertz CT molecular complexity index is 184. The van der Waals surface area contributed by atoms with Gasteiger partial charge in [0.25, 0.3) is 0 Å². The molecule has 0 radical (unpaired) electrons. The first-order valence-corrected chi connectivity index (χ1v) is 6.82. The van der Waals surface area contributed by atoms with Crippen molar-refractivity contribution in [3.63, 3.8) is 0 Å². The van der Waals surface area contributed by atoms with Gasteiger partial charge >= 0.3 is 0 Å². The van der Waals surface area contributed by atoms with E-state index in [-0.39, 0.29) is 0 Å². The monoisotopic (exact) mass is 244 g/mol. The summed E-state index contributed by atoms with van der Waals surface area (Å²) >= 11 is 0. The first-order chi connectivity index (χ1) is 8.26. The van der Waals surface area contributed by atoms with Crippen LogP contribution in [0.5, 0.6) is 0 Å². The van der Waals surface area contributed by atoms with Crippen LogP contribution in [0.1, 0.15) is 26.7 Å². The van der Waals surface area contributed by atoms with Crippen molar-refractivity contribution in [1.82, 2.24) is 10.2 Å². The van der Waals surface area contributed by atoms with Crippen molar-refractivity contribution < 1.29 is 9.47 Å². The van der Waals surface area contributed by atoms with Gasteiger partial charge in [-0.05, 0) is 26.3 Å². The summed E-state index contributed by atoms with van der Waals surface area (Å²) in [7, 11) is 1.74. The molecule has 0 saturated carbocycles. The van der Waals surface area contributed by atoms with Crippen molar-refractivity contribution in [2.45, 2.75) is 38.8 Å². The van der Waals surface area contributed by atoms with Crippen LogP contribution in [0.25, 0.3) is 0 Å². The minimum absolute atomic E-state index is 0.432. The maximum absolute atomic E-state index is 5.67. The van der Waals surface area contributed by atoms with Crippen molar-refractivity contribution >= 4 is 0 Å². The number of ether oxygens (including phenoxy) is 2. The predicted octanol–water partition coefficient (Wildman–Crippen LogP) is 1.11. The summed E-state index contributed by atoms with van der Waals surface area (Å²) in [5.41, 5.74) is 0. The summed E-state index contributed by atoms with van der Waals surface area (Å²) in [4.78, 5) is 2.46. The van der Waals surface area contributed by atoms with Gasteiger partial charge in [0.05, 0.1) is 12.7 Å². The Kier molecular flexibility index (Phi) is 7.77. The van der Waals surface area contributed by atoms with E-state index in [0.717, 1.165) is 39.4 Å².